The molecule has 2 aliphatic rings. The molecule has 1 saturated heterocycles. The number of ether oxygens (including phenoxy) is 2. The average molecular weight is 456 g/mol. The minimum absolute atomic E-state index is 0.0262. The van der Waals surface area contributed by atoms with Gasteiger partial charge >= 0.3 is 10.2 Å². The minimum Gasteiger partial charge on any atom is -0.493 e. The van der Waals surface area contributed by atoms with Gasteiger partial charge in [0.15, 0.2) is 5.82 Å². The van der Waals surface area contributed by atoms with E-state index in [2.05, 4.69) is 0 Å². The van der Waals surface area contributed by atoms with Crippen molar-refractivity contribution in [3.63, 3.8) is 0 Å². The van der Waals surface area contributed by atoms with E-state index in [1.165, 1.54) is 0 Å². The molecule has 0 unspecified atom stereocenters. The van der Waals surface area contributed by atoms with Gasteiger partial charge in [0.1, 0.15) is 30.3 Å². The van der Waals surface area contributed by atoms with E-state index in [0.717, 1.165) is 18.4 Å². The highest BCUT2D eigenvalue weighted by molar-refractivity contribution is 7.92. The zero-order valence-electron chi connectivity index (χ0n) is 17.1. The van der Waals surface area contributed by atoms with Crippen LogP contribution in [0.1, 0.15) is 18.4 Å². The molecule has 5 rings (SSSR count). The summed E-state index contributed by atoms with van der Waals surface area (Å²) < 4.78 is 54.8. The van der Waals surface area contributed by atoms with Gasteiger partial charge in [0.2, 0.25) is 0 Å². The van der Waals surface area contributed by atoms with Crippen molar-refractivity contribution in [3.05, 3.63) is 66.0 Å². The van der Waals surface area contributed by atoms with Gasteiger partial charge in [-0.25, -0.2) is 13.4 Å². The quantitative estimate of drug-likeness (QED) is 0.588. The molecule has 1 amide bonds. The third-order valence-corrected chi connectivity index (χ3v) is 6.85. The third kappa shape index (κ3) is 4.08. The molecule has 1 aliphatic heterocycles. The third-order valence-electron chi connectivity index (χ3n) is 5.48. The van der Waals surface area contributed by atoms with E-state index < -0.39 is 28.5 Å². The first kappa shape index (κ1) is 20.6. The number of carbonyl (C=O) groups excluding carboxylic acids is 1. The Morgan fingerprint density at radius 1 is 1.06 bits per heavy atom. The predicted molar refractivity (Wildman–Crippen MR) is 117 cm³/mol. The predicted octanol–water partition coefficient (Wildman–Crippen LogP) is 3.53. The molecule has 1 N–H and O–H groups in total. The Labute approximate surface area is 184 Å². The number of anilines is 1. The lowest BCUT2D eigenvalue weighted by Crippen LogP contribution is -2.30. The monoisotopic (exact) mass is 456 g/mol. The van der Waals surface area contributed by atoms with E-state index in [1.807, 2.05) is 35.1 Å². The van der Waals surface area contributed by atoms with Crippen LogP contribution >= 0.6 is 0 Å². The molecule has 3 aromatic rings. The summed E-state index contributed by atoms with van der Waals surface area (Å²) in [7, 11) is -4.22. The van der Waals surface area contributed by atoms with Crippen molar-refractivity contribution < 1.29 is 27.1 Å². The fourth-order valence-electron chi connectivity index (χ4n) is 3.62. The molecule has 166 valence electrons. The second kappa shape index (κ2) is 7.98. The van der Waals surface area contributed by atoms with Gasteiger partial charge in [-0.15, -0.1) is 0 Å². The standard InChI is InChI=1S/C23H21FN2O5S/c24-22-19-9-8-18(30-13-16-6-7-16)10-17(19)11-20(31-14-15-4-2-1-3-5-15)23(22)26-12-21(27)25-32(26,28)29/h1-5,8-11,16H,6-7,12-14H2,(H,25,27). The van der Waals surface area contributed by atoms with Crippen molar-refractivity contribution in [2.24, 2.45) is 5.92 Å². The summed E-state index contributed by atoms with van der Waals surface area (Å²) in [5.41, 5.74) is 0.539. The summed E-state index contributed by atoms with van der Waals surface area (Å²) in [6, 6.07) is 15.7. The molecule has 3 aromatic carbocycles. The summed E-state index contributed by atoms with van der Waals surface area (Å²) >= 11 is 0. The number of nitrogens with one attached hydrogen (secondary N) is 1. The summed E-state index contributed by atoms with van der Waals surface area (Å²) in [4.78, 5) is 11.8. The van der Waals surface area contributed by atoms with E-state index in [1.54, 1.807) is 24.3 Å². The Bertz CT molecular complexity index is 1290. The Balaban J connectivity index is 1.57. The van der Waals surface area contributed by atoms with E-state index in [0.29, 0.717) is 28.0 Å². The van der Waals surface area contributed by atoms with Crippen molar-refractivity contribution in [2.75, 3.05) is 17.5 Å². The first-order valence-electron chi connectivity index (χ1n) is 10.3. The summed E-state index contributed by atoms with van der Waals surface area (Å²) in [6.45, 7) is 0.199. The number of carbonyl (C=O) groups is 1. The molecule has 32 heavy (non-hydrogen) atoms. The first-order chi connectivity index (χ1) is 15.4. The number of amides is 1. The maximum atomic E-state index is 15.7. The molecule has 2 fully saturated rings. The van der Waals surface area contributed by atoms with Crippen LogP contribution in [-0.2, 0) is 21.6 Å². The molecule has 1 heterocycles. The van der Waals surface area contributed by atoms with E-state index in [9.17, 15) is 13.2 Å². The largest absolute Gasteiger partial charge is 0.493 e. The Morgan fingerprint density at radius 3 is 2.53 bits per heavy atom. The zero-order chi connectivity index (χ0) is 22.3. The fraction of sp³-hybridized carbons (Fsp3) is 0.261. The number of benzene rings is 3. The minimum atomic E-state index is -4.22. The number of hydrogen-bond donors (Lipinski definition) is 1. The molecule has 0 atom stereocenters. The van der Waals surface area contributed by atoms with Crippen molar-refractivity contribution in [3.8, 4) is 11.5 Å². The van der Waals surface area contributed by atoms with Gasteiger partial charge in [0, 0.05) is 5.39 Å². The highest BCUT2D eigenvalue weighted by Gasteiger charge is 2.38. The van der Waals surface area contributed by atoms with Crippen LogP contribution in [-0.4, -0.2) is 27.5 Å². The van der Waals surface area contributed by atoms with Gasteiger partial charge in [-0.3, -0.25) is 4.79 Å². The topological polar surface area (TPSA) is 84.9 Å². The van der Waals surface area contributed by atoms with Crippen molar-refractivity contribution >= 4 is 32.6 Å². The normalized spacial score (nSPS) is 17.4. The van der Waals surface area contributed by atoms with Crippen LogP contribution in [0, 0.1) is 11.7 Å². The van der Waals surface area contributed by atoms with E-state index in [-0.39, 0.29) is 23.4 Å². The van der Waals surface area contributed by atoms with Crippen LogP contribution < -0.4 is 18.5 Å². The number of hydrogen-bond acceptors (Lipinski definition) is 5. The molecule has 0 aromatic heterocycles. The number of halogens is 1. The van der Waals surface area contributed by atoms with Gasteiger partial charge in [-0.1, -0.05) is 30.3 Å². The van der Waals surface area contributed by atoms with E-state index in [4.69, 9.17) is 9.47 Å². The van der Waals surface area contributed by atoms with Crippen LogP contribution in [0.25, 0.3) is 10.8 Å². The van der Waals surface area contributed by atoms with Gasteiger partial charge in [-0.05, 0) is 54.0 Å². The molecule has 0 radical (unpaired) electrons. The second-order valence-corrected chi connectivity index (χ2v) is 9.58. The van der Waals surface area contributed by atoms with Crippen LogP contribution in [0.2, 0.25) is 0 Å². The Kier molecular flexibility index (Phi) is 5.13. The maximum absolute atomic E-state index is 15.7. The van der Waals surface area contributed by atoms with Crippen molar-refractivity contribution in [1.29, 1.82) is 0 Å². The summed E-state index contributed by atoms with van der Waals surface area (Å²) in [5.74, 6) is -0.309. The highest BCUT2D eigenvalue weighted by Crippen LogP contribution is 2.40. The van der Waals surface area contributed by atoms with Crippen molar-refractivity contribution in [1.82, 2.24) is 4.72 Å². The Morgan fingerprint density at radius 2 is 1.84 bits per heavy atom. The SMILES string of the molecule is O=C1CN(c2c(OCc3ccccc3)cc3cc(OCC4CC4)ccc3c2F)S(=O)(=O)N1. The number of rotatable bonds is 7. The van der Waals surface area contributed by atoms with E-state index >= 15 is 4.39 Å². The molecule has 1 aliphatic carbocycles. The summed E-state index contributed by atoms with van der Waals surface area (Å²) in [5, 5.41) is 0.721. The molecule has 0 spiro atoms. The Hall–Kier alpha value is -3.33. The van der Waals surface area contributed by atoms with Gasteiger partial charge in [0.05, 0.1) is 6.61 Å². The highest BCUT2D eigenvalue weighted by atomic mass is 32.2. The lowest BCUT2D eigenvalue weighted by atomic mass is 10.1. The molecule has 7 nitrogen and oxygen atoms in total. The van der Waals surface area contributed by atoms with Crippen LogP contribution in [0.5, 0.6) is 11.5 Å². The number of fused-ring (bicyclic) bond motifs is 1. The van der Waals surface area contributed by atoms with Crippen LogP contribution in [0.4, 0.5) is 10.1 Å². The molecular formula is C23H21FN2O5S. The van der Waals surface area contributed by atoms with Crippen molar-refractivity contribution in [2.45, 2.75) is 19.4 Å². The average Bonchev–Trinajstić information content (AvgIpc) is 3.55. The summed E-state index contributed by atoms with van der Waals surface area (Å²) in [6.07, 6.45) is 2.31. The zero-order valence-corrected chi connectivity index (χ0v) is 17.9. The lowest BCUT2D eigenvalue weighted by molar-refractivity contribution is -0.117. The first-order valence-corrected chi connectivity index (χ1v) is 11.7. The fourth-order valence-corrected chi connectivity index (χ4v) is 4.78. The van der Waals surface area contributed by atoms with Crippen LogP contribution in [0.3, 0.4) is 0 Å². The lowest BCUT2D eigenvalue weighted by Gasteiger charge is -2.21. The number of nitrogens with zero attached hydrogens (tertiary/aromatic N) is 1. The van der Waals surface area contributed by atoms with Gasteiger partial charge in [-0.2, -0.15) is 8.42 Å². The smallest absolute Gasteiger partial charge is 0.326 e. The second-order valence-electron chi connectivity index (χ2n) is 7.99. The van der Waals surface area contributed by atoms with Crippen LogP contribution in [0.15, 0.2) is 54.6 Å². The maximum Gasteiger partial charge on any atom is 0.326 e. The molecule has 0 bridgehead atoms. The molecule has 1 saturated carbocycles. The molecule has 9 heteroatoms. The van der Waals surface area contributed by atoms with Gasteiger partial charge < -0.3 is 9.47 Å². The van der Waals surface area contributed by atoms with Gasteiger partial charge in [0.25, 0.3) is 5.91 Å². The molecular weight excluding hydrogens is 435 g/mol.